The molecule has 1 amide bonds. The van der Waals surface area contributed by atoms with Crippen molar-refractivity contribution >= 4 is 27.5 Å². The quantitative estimate of drug-likeness (QED) is 0.902. The molecular formula is C15H15BrN2O2. The number of benzene rings is 1. The van der Waals surface area contributed by atoms with Crippen molar-refractivity contribution in [3.8, 4) is 0 Å². The second kappa shape index (κ2) is 5.42. The fraction of sp³-hybridized carbons (Fsp3) is 0.267. The molecule has 4 nitrogen and oxygen atoms in total. The Morgan fingerprint density at radius 2 is 2.25 bits per heavy atom. The first-order valence-corrected chi connectivity index (χ1v) is 7.38. The van der Waals surface area contributed by atoms with E-state index in [1.54, 1.807) is 0 Å². The van der Waals surface area contributed by atoms with Gasteiger partial charge in [-0.3, -0.25) is 4.79 Å². The number of fused-ring (bicyclic) bond motifs is 1. The van der Waals surface area contributed by atoms with E-state index < -0.39 is 0 Å². The van der Waals surface area contributed by atoms with Crippen LogP contribution in [0.1, 0.15) is 29.9 Å². The number of carbonyl (C=O) groups excluding carboxylic acids is 1. The molecule has 1 aromatic heterocycles. The number of carbonyl (C=O) groups is 1. The maximum Gasteiger partial charge on any atom is 0.228 e. The average Bonchev–Trinajstić information content (AvgIpc) is 3.00. The fourth-order valence-electron chi connectivity index (χ4n) is 2.50. The van der Waals surface area contributed by atoms with Crippen LogP contribution in [0.2, 0.25) is 0 Å². The van der Waals surface area contributed by atoms with Crippen molar-refractivity contribution in [2.24, 2.45) is 0 Å². The highest BCUT2D eigenvalue weighted by atomic mass is 79.9. The molecule has 0 saturated heterocycles. The van der Waals surface area contributed by atoms with Gasteiger partial charge in [0.15, 0.2) is 4.67 Å². The zero-order valence-corrected chi connectivity index (χ0v) is 12.7. The standard InChI is InChI=1S/C15H15BrN2O2/c1-2-17-15(12-5-6-13(16)20-12)9-3-4-11-10(7-9)8-14(19)18-11/h3-7,15,17H,2,8H2,1H3,(H,18,19). The van der Waals surface area contributed by atoms with E-state index in [2.05, 4.69) is 39.6 Å². The fourth-order valence-corrected chi connectivity index (χ4v) is 2.82. The van der Waals surface area contributed by atoms with E-state index in [4.69, 9.17) is 4.42 Å². The van der Waals surface area contributed by atoms with Crippen molar-refractivity contribution in [3.63, 3.8) is 0 Å². The van der Waals surface area contributed by atoms with Gasteiger partial charge in [-0.15, -0.1) is 0 Å². The summed E-state index contributed by atoms with van der Waals surface area (Å²) in [6, 6.07) is 9.88. The Morgan fingerprint density at radius 3 is 2.95 bits per heavy atom. The Bertz CT molecular complexity index is 651. The zero-order valence-electron chi connectivity index (χ0n) is 11.1. The molecule has 2 N–H and O–H groups in total. The molecule has 2 heterocycles. The highest BCUT2D eigenvalue weighted by Gasteiger charge is 2.22. The molecule has 0 bridgehead atoms. The molecule has 104 valence electrons. The van der Waals surface area contributed by atoms with Crippen LogP contribution in [0, 0.1) is 0 Å². The van der Waals surface area contributed by atoms with Crippen LogP contribution in [-0.4, -0.2) is 12.5 Å². The van der Waals surface area contributed by atoms with Gasteiger partial charge in [0.2, 0.25) is 5.91 Å². The maximum atomic E-state index is 11.4. The lowest BCUT2D eigenvalue weighted by molar-refractivity contribution is -0.115. The number of hydrogen-bond acceptors (Lipinski definition) is 3. The van der Waals surface area contributed by atoms with Crippen LogP contribution in [-0.2, 0) is 11.2 Å². The summed E-state index contributed by atoms with van der Waals surface area (Å²) in [6.07, 6.45) is 0.448. The van der Waals surface area contributed by atoms with Gasteiger partial charge in [-0.2, -0.15) is 0 Å². The minimum atomic E-state index is -0.00713. The number of amides is 1. The summed E-state index contributed by atoms with van der Waals surface area (Å²) in [6.45, 7) is 2.89. The first-order valence-electron chi connectivity index (χ1n) is 6.58. The largest absolute Gasteiger partial charge is 0.452 e. The lowest BCUT2D eigenvalue weighted by Crippen LogP contribution is -2.21. The Kier molecular flexibility index (Phi) is 3.63. The van der Waals surface area contributed by atoms with E-state index >= 15 is 0 Å². The van der Waals surface area contributed by atoms with Crippen LogP contribution in [0.5, 0.6) is 0 Å². The molecule has 0 saturated carbocycles. The third kappa shape index (κ3) is 2.51. The summed E-state index contributed by atoms with van der Waals surface area (Å²) in [5, 5.41) is 6.26. The Hall–Kier alpha value is -1.59. The number of hydrogen-bond donors (Lipinski definition) is 2. The zero-order chi connectivity index (χ0) is 14.1. The van der Waals surface area contributed by atoms with Gasteiger partial charge in [0.1, 0.15) is 5.76 Å². The van der Waals surface area contributed by atoms with Crippen molar-refractivity contribution in [3.05, 3.63) is 51.9 Å². The average molecular weight is 335 g/mol. The van der Waals surface area contributed by atoms with E-state index in [1.807, 2.05) is 24.3 Å². The number of rotatable bonds is 4. The third-order valence-electron chi connectivity index (χ3n) is 3.37. The lowest BCUT2D eigenvalue weighted by atomic mass is 10.0. The van der Waals surface area contributed by atoms with Gasteiger partial charge in [-0.25, -0.2) is 0 Å². The van der Waals surface area contributed by atoms with Crippen LogP contribution in [0.25, 0.3) is 0 Å². The molecular weight excluding hydrogens is 320 g/mol. The summed E-state index contributed by atoms with van der Waals surface area (Å²) in [4.78, 5) is 11.4. The molecule has 0 aliphatic carbocycles. The molecule has 3 rings (SSSR count). The molecule has 1 atom stereocenters. The van der Waals surface area contributed by atoms with Gasteiger partial charge >= 0.3 is 0 Å². The number of furan rings is 1. The topological polar surface area (TPSA) is 54.3 Å². The Labute approximate surface area is 125 Å². The third-order valence-corrected chi connectivity index (χ3v) is 3.80. The SMILES string of the molecule is CCNC(c1ccc2c(c1)CC(=O)N2)c1ccc(Br)o1. The molecule has 2 aromatic rings. The second-order valence-corrected chi connectivity index (χ2v) is 5.56. The molecule has 20 heavy (non-hydrogen) atoms. The first-order chi connectivity index (χ1) is 9.67. The molecule has 1 aliphatic heterocycles. The van der Waals surface area contributed by atoms with E-state index in [9.17, 15) is 4.79 Å². The first kappa shape index (κ1) is 13.4. The van der Waals surface area contributed by atoms with Crippen molar-refractivity contribution < 1.29 is 9.21 Å². The smallest absolute Gasteiger partial charge is 0.228 e. The van der Waals surface area contributed by atoms with E-state index in [-0.39, 0.29) is 11.9 Å². The van der Waals surface area contributed by atoms with Crippen LogP contribution >= 0.6 is 15.9 Å². The van der Waals surface area contributed by atoms with Crippen molar-refractivity contribution in [1.29, 1.82) is 0 Å². The highest BCUT2D eigenvalue weighted by Crippen LogP contribution is 2.30. The predicted molar refractivity (Wildman–Crippen MR) is 80.7 cm³/mol. The van der Waals surface area contributed by atoms with Crippen molar-refractivity contribution in [2.45, 2.75) is 19.4 Å². The van der Waals surface area contributed by atoms with Crippen LogP contribution in [0.3, 0.4) is 0 Å². The summed E-state index contributed by atoms with van der Waals surface area (Å²) < 4.78 is 6.38. The van der Waals surface area contributed by atoms with E-state index in [1.165, 1.54) is 0 Å². The van der Waals surface area contributed by atoms with Crippen LogP contribution < -0.4 is 10.6 Å². The van der Waals surface area contributed by atoms with Crippen molar-refractivity contribution in [1.82, 2.24) is 5.32 Å². The monoisotopic (exact) mass is 334 g/mol. The molecule has 1 unspecified atom stereocenters. The predicted octanol–water partition coefficient (Wildman–Crippen LogP) is 3.24. The molecule has 0 fully saturated rings. The minimum Gasteiger partial charge on any atom is -0.452 e. The van der Waals surface area contributed by atoms with Crippen LogP contribution in [0.15, 0.2) is 39.4 Å². The summed E-state index contributed by atoms with van der Waals surface area (Å²) in [7, 11) is 0. The van der Waals surface area contributed by atoms with Crippen LogP contribution in [0.4, 0.5) is 5.69 Å². The summed E-state index contributed by atoms with van der Waals surface area (Å²) >= 11 is 3.33. The van der Waals surface area contributed by atoms with E-state index in [0.29, 0.717) is 11.1 Å². The number of halogens is 1. The van der Waals surface area contributed by atoms with Gasteiger partial charge in [-0.1, -0.05) is 19.1 Å². The lowest BCUT2D eigenvalue weighted by Gasteiger charge is -2.17. The maximum absolute atomic E-state index is 11.4. The van der Waals surface area contributed by atoms with E-state index in [0.717, 1.165) is 29.1 Å². The Balaban J connectivity index is 1.96. The molecule has 1 aromatic carbocycles. The molecule has 1 aliphatic rings. The van der Waals surface area contributed by atoms with Gasteiger partial charge in [0.25, 0.3) is 0 Å². The Morgan fingerprint density at radius 1 is 1.40 bits per heavy atom. The van der Waals surface area contributed by atoms with Gasteiger partial charge in [0.05, 0.1) is 12.5 Å². The molecule has 0 spiro atoms. The molecule has 5 heteroatoms. The second-order valence-electron chi connectivity index (χ2n) is 4.77. The van der Waals surface area contributed by atoms with Gasteiger partial charge in [0, 0.05) is 5.69 Å². The summed E-state index contributed by atoms with van der Waals surface area (Å²) in [5.74, 6) is 0.911. The van der Waals surface area contributed by atoms with Gasteiger partial charge < -0.3 is 15.1 Å². The van der Waals surface area contributed by atoms with Crippen molar-refractivity contribution in [2.75, 3.05) is 11.9 Å². The normalized spacial score (nSPS) is 15.0. The van der Waals surface area contributed by atoms with Gasteiger partial charge in [-0.05, 0) is 51.8 Å². The molecule has 0 radical (unpaired) electrons. The summed E-state index contributed by atoms with van der Waals surface area (Å²) in [5.41, 5.74) is 3.06. The highest BCUT2D eigenvalue weighted by molar-refractivity contribution is 9.10. The minimum absolute atomic E-state index is 0.00713. The number of nitrogens with one attached hydrogen (secondary N) is 2. The number of anilines is 1.